The lowest BCUT2D eigenvalue weighted by molar-refractivity contribution is -0.136. The number of benzene rings is 4. The molecule has 240 valence electrons. The summed E-state index contributed by atoms with van der Waals surface area (Å²) < 4.78 is 118. The van der Waals surface area contributed by atoms with Gasteiger partial charge in [-0.15, -0.1) is 11.8 Å². The van der Waals surface area contributed by atoms with Crippen molar-refractivity contribution in [3.05, 3.63) is 113 Å². The molecule has 0 N–H and O–H groups in total. The highest BCUT2D eigenvalue weighted by molar-refractivity contribution is 7.99. The SMILES string of the molecule is Cc1cc(F)c(-c2cc(Cl)c(Cl)c(Cl)c2)cc1C(SC(c1cc(-c2cc(Cl)c(Cl)c(Cl)c2)c(F)cc1C)C(F)(F)F)C(F)(F)F. The first kappa shape index (κ1) is 36.2. The third-order valence-electron chi connectivity index (χ3n) is 6.73. The third-order valence-corrected chi connectivity index (χ3v) is 10.7. The van der Waals surface area contributed by atoms with Crippen LogP contribution in [0, 0.1) is 25.5 Å². The van der Waals surface area contributed by atoms with Gasteiger partial charge < -0.3 is 0 Å². The Labute approximate surface area is 286 Å². The van der Waals surface area contributed by atoms with Gasteiger partial charge in [0.25, 0.3) is 0 Å². The van der Waals surface area contributed by atoms with E-state index in [0.717, 1.165) is 38.1 Å². The number of rotatable bonds is 6. The molecule has 0 fully saturated rings. The highest BCUT2D eigenvalue weighted by Gasteiger charge is 2.50. The molecule has 45 heavy (non-hydrogen) atoms. The second kappa shape index (κ2) is 13.5. The first-order valence-corrected chi connectivity index (χ1v) is 15.6. The molecule has 0 aromatic heterocycles. The van der Waals surface area contributed by atoms with E-state index in [9.17, 15) is 26.3 Å². The van der Waals surface area contributed by atoms with Crippen molar-refractivity contribution >= 4 is 81.4 Å². The molecule has 0 saturated heterocycles. The van der Waals surface area contributed by atoms with E-state index in [2.05, 4.69) is 0 Å². The number of hydrogen-bond acceptors (Lipinski definition) is 1. The first-order chi connectivity index (χ1) is 20.7. The third kappa shape index (κ3) is 7.77. The van der Waals surface area contributed by atoms with Crippen molar-refractivity contribution in [3.63, 3.8) is 0 Å². The summed E-state index contributed by atoms with van der Waals surface area (Å²) in [7, 11) is 0. The van der Waals surface area contributed by atoms with Crippen LogP contribution in [0.15, 0.2) is 48.5 Å². The zero-order chi connectivity index (χ0) is 33.8. The van der Waals surface area contributed by atoms with Gasteiger partial charge in [-0.25, -0.2) is 8.78 Å². The van der Waals surface area contributed by atoms with Crippen LogP contribution in [0.3, 0.4) is 0 Å². The van der Waals surface area contributed by atoms with Crippen LogP contribution in [-0.4, -0.2) is 12.4 Å². The normalized spacial score (nSPS) is 13.7. The van der Waals surface area contributed by atoms with Gasteiger partial charge in [0.05, 0.1) is 30.1 Å². The maximum absolute atomic E-state index is 15.1. The van der Waals surface area contributed by atoms with Crippen molar-refractivity contribution in [2.24, 2.45) is 0 Å². The van der Waals surface area contributed by atoms with Crippen molar-refractivity contribution in [3.8, 4) is 22.3 Å². The Hall–Kier alpha value is -1.59. The Morgan fingerprint density at radius 1 is 0.511 bits per heavy atom. The number of alkyl halides is 6. The fourth-order valence-electron chi connectivity index (χ4n) is 4.60. The van der Waals surface area contributed by atoms with Crippen LogP contribution in [0.25, 0.3) is 22.3 Å². The zero-order valence-corrected chi connectivity index (χ0v) is 27.8. The van der Waals surface area contributed by atoms with Crippen molar-refractivity contribution in [2.45, 2.75) is 36.7 Å². The molecule has 4 rings (SSSR count). The lowest BCUT2D eigenvalue weighted by Crippen LogP contribution is -2.26. The average molecular weight is 773 g/mol. The van der Waals surface area contributed by atoms with Gasteiger partial charge >= 0.3 is 12.4 Å². The molecule has 0 nitrogen and oxygen atoms in total. The quantitative estimate of drug-likeness (QED) is 0.139. The summed E-state index contributed by atoms with van der Waals surface area (Å²) in [6.07, 6.45) is -10.5. The fourth-order valence-corrected chi connectivity index (χ4v) is 7.17. The van der Waals surface area contributed by atoms with Crippen molar-refractivity contribution in [1.82, 2.24) is 0 Å². The lowest BCUT2D eigenvalue weighted by atomic mass is 9.96. The average Bonchev–Trinajstić information content (AvgIpc) is 2.90. The van der Waals surface area contributed by atoms with Crippen LogP contribution in [-0.2, 0) is 0 Å². The van der Waals surface area contributed by atoms with Crippen LogP contribution in [0.5, 0.6) is 0 Å². The molecular formula is C30H16Cl6F8S. The predicted octanol–water partition coefficient (Wildman–Crippen LogP) is 14.5. The second-order valence-electron chi connectivity index (χ2n) is 9.86. The fraction of sp³-hybridized carbons (Fsp3) is 0.200. The van der Waals surface area contributed by atoms with Crippen LogP contribution in [0.2, 0.25) is 30.1 Å². The van der Waals surface area contributed by atoms with Gasteiger partial charge in [0, 0.05) is 11.1 Å². The predicted molar refractivity (Wildman–Crippen MR) is 168 cm³/mol. The summed E-state index contributed by atoms with van der Waals surface area (Å²) in [5.74, 6) is -1.94. The van der Waals surface area contributed by atoms with E-state index in [1.54, 1.807) is 0 Å². The van der Waals surface area contributed by atoms with Gasteiger partial charge in [-0.3, -0.25) is 0 Å². The first-order valence-electron chi connectivity index (χ1n) is 12.4. The Morgan fingerprint density at radius 2 is 0.800 bits per heavy atom. The number of aryl methyl sites for hydroxylation is 2. The summed E-state index contributed by atoms with van der Waals surface area (Å²) >= 11 is 35.5. The summed E-state index contributed by atoms with van der Waals surface area (Å²) in [6.45, 7) is 2.28. The van der Waals surface area contributed by atoms with Gasteiger partial charge in [0.1, 0.15) is 22.1 Å². The molecule has 0 amide bonds. The minimum absolute atomic E-state index is 0.0502. The molecule has 0 bridgehead atoms. The van der Waals surface area contributed by atoms with Gasteiger partial charge in [0.15, 0.2) is 0 Å². The summed E-state index contributed by atoms with van der Waals surface area (Å²) in [4.78, 5) is 0. The van der Waals surface area contributed by atoms with E-state index in [1.807, 2.05) is 0 Å². The largest absolute Gasteiger partial charge is 0.404 e. The number of halogens is 14. The van der Waals surface area contributed by atoms with Crippen LogP contribution in [0.4, 0.5) is 35.1 Å². The summed E-state index contributed by atoms with van der Waals surface area (Å²) in [6, 6.07) is 7.83. The minimum atomic E-state index is -5.25. The van der Waals surface area contributed by atoms with Gasteiger partial charge in [-0.2, -0.15) is 26.3 Å². The lowest BCUT2D eigenvalue weighted by Gasteiger charge is -2.30. The molecule has 0 radical (unpaired) electrons. The van der Waals surface area contributed by atoms with E-state index in [1.165, 1.54) is 24.3 Å². The Bertz CT molecular complexity index is 1610. The van der Waals surface area contributed by atoms with E-state index in [-0.39, 0.29) is 52.4 Å². The van der Waals surface area contributed by atoms with Gasteiger partial charge in [0.2, 0.25) is 0 Å². The molecule has 0 spiro atoms. The molecule has 2 atom stereocenters. The summed E-state index contributed by atoms with van der Waals surface area (Å²) in [5.41, 5.74) is -2.71. The van der Waals surface area contributed by atoms with Gasteiger partial charge in [-0.1, -0.05) is 69.6 Å². The Balaban J connectivity index is 1.90. The highest BCUT2D eigenvalue weighted by atomic mass is 35.5. The second-order valence-corrected chi connectivity index (χ2v) is 13.5. The maximum atomic E-state index is 15.1. The Kier molecular flexibility index (Phi) is 10.9. The van der Waals surface area contributed by atoms with E-state index in [4.69, 9.17) is 69.6 Å². The van der Waals surface area contributed by atoms with Crippen molar-refractivity contribution in [1.29, 1.82) is 0 Å². The van der Waals surface area contributed by atoms with E-state index >= 15 is 8.78 Å². The van der Waals surface area contributed by atoms with Crippen LogP contribution in [0.1, 0.15) is 32.8 Å². The number of thioether (sulfide) groups is 1. The highest BCUT2D eigenvalue weighted by Crippen LogP contribution is 2.56. The molecule has 15 heteroatoms. The molecule has 0 heterocycles. The molecular weight excluding hydrogens is 757 g/mol. The molecule has 4 aromatic carbocycles. The topological polar surface area (TPSA) is 0 Å². The molecule has 0 saturated carbocycles. The zero-order valence-electron chi connectivity index (χ0n) is 22.5. The smallest absolute Gasteiger partial charge is 0.206 e. The minimum Gasteiger partial charge on any atom is -0.206 e. The molecule has 0 aliphatic carbocycles. The van der Waals surface area contributed by atoms with Gasteiger partial charge in [-0.05, 0) is 95.8 Å². The van der Waals surface area contributed by atoms with E-state index < -0.39 is 68.5 Å². The molecule has 4 aromatic rings. The Morgan fingerprint density at radius 3 is 1.07 bits per heavy atom. The van der Waals surface area contributed by atoms with Crippen LogP contribution >= 0.6 is 81.4 Å². The summed E-state index contributed by atoms with van der Waals surface area (Å²) in [5, 5.41) is -6.26. The van der Waals surface area contributed by atoms with E-state index in [0.29, 0.717) is 0 Å². The number of hydrogen-bond donors (Lipinski definition) is 0. The molecule has 2 unspecified atom stereocenters. The van der Waals surface area contributed by atoms with Crippen molar-refractivity contribution in [2.75, 3.05) is 0 Å². The monoisotopic (exact) mass is 770 g/mol. The molecule has 0 aliphatic heterocycles. The maximum Gasteiger partial charge on any atom is 0.404 e. The van der Waals surface area contributed by atoms with Crippen LogP contribution < -0.4 is 0 Å². The molecule has 0 aliphatic rings. The standard InChI is InChI=1S/C30H16Cl6F8S/c1-11-3-23(37)17(13-5-19(31)25(35)20(32)6-13)9-15(11)27(29(39,40)41)45-28(30(42,43)44)16-10-18(24(38)4-12(16)2)14-7-21(33)26(36)22(34)8-14/h3-10,27-28H,1-2H3. The van der Waals surface area contributed by atoms with Crippen molar-refractivity contribution < 1.29 is 35.1 Å².